The van der Waals surface area contributed by atoms with Crippen LogP contribution in [0, 0.1) is 0 Å². The van der Waals surface area contributed by atoms with Crippen LogP contribution in [0.15, 0.2) is 6.20 Å². The maximum atomic E-state index is 11.0. The van der Waals surface area contributed by atoms with E-state index in [1.807, 2.05) is 0 Å². The van der Waals surface area contributed by atoms with Crippen LogP contribution < -0.4 is 5.32 Å². The van der Waals surface area contributed by atoms with Crippen LogP contribution in [0.2, 0.25) is 0 Å². The Bertz CT molecular complexity index is 296. The van der Waals surface area contributed by atoms with Gasteiger partial charge in [-0.1, -0.05) is 5.21 Å². The van der Waals surface area contributed by atoms with Gasteiger partial charge in [-0.2, -0.15) is 0 Å². The van der Waals surface area contributed by atoms with E-state index in [-0.39, 0.29) is 5.97 Å². The Balaban J connectivity index is 2.59. The number of nitrogens with zero attached hydrogens (tertiary/aromatic N) is 3. The minimum atomic E-state index is -0.401. The standard InChI is InChI=1S/C7H12N4O2/c1-5(7(12)13-3)9-6-4-8-10-11(6)2/h4-5,9H,1-3H3. The highest BCUT2D eigenvalue weighted by atomic mass is 16.5. The van der Waals surface area contributed by atoms with E-state index in [0.29, 0.717) is 5.82 Å². The Kier molecular flexibility index (Phi) is 2.84. The van der Waals surface area contributed by atoms with Gasteiger partial charge in [-0.3, -0.25) is 0 Å². The van der Waals surface area contributed by atoms with Gasteiger partial charge in [-0.15, -0.1) is 5.10 Å². The van der Waals surface area contributed by atoms with Crippen molar-refractivity contribution in [3.05, 3.63) is 6.20 Å². The van der Waals surface area contributed by atoms with Crippen molar-refractivity contribution < 1.29 is 9.53 Å². The Morgan fingerprint density at radius 2 is 2.46 bits per heavy atom. The molecule has 0 aromatic carbocycles. The van der Waals surface area contributed by atoms with Crippen LogP contribution >= 0.6 is 0 Å². The molecule has 1 aromatic heterocycles. The van der Waals surface area contributed by atoms with Gasteiger partial charge < -0.3 is 10.1 Å². The lowest BCUT2D eigenvalue weighted by Crippen LogP contribution is -2.28. The number of carbonyl (C=O) groups is 1. The number of aryl methyl sites for hydroxylation is 1. The number of hydrogen-bond acceptors (Lipinski definition) is 5. The number of rotatable bonds is 3. The van der Waals surface area contributed by atoms with E-state index in [2.05, 4.69) is 20.4 Å². The second-order valence-corrected chi connectivity index (χ2v) is 2.63. The summed E-state index contributed by atoms with van der Waals surface area (Å²) < 4.78 is 6.09. The third-order valence-corrected chi connectivity index (χ3v) is 1.63. The van der Waals surface area contributed by atoms with Crippen molar-refractivity contribution in [2.24, 2.45) is 7.05 Å². The highest BCUT2D eigenvalue weighted by Gasteiger charge is 2.13. The molecule has 0 saturated carbocycles. The van der Waals surface area contributed by atoms with Gasteiger partial charge in [0.1, 0.15) is 11.9 Å². The summed E-state index contributed by atoms with van der Waals surface area (Å²) >= 11 is 0. The summed E-state index contributed by atoms with van der Waals surface area (Å²) in [4.78, 5) is 11.0. The van der Waals surface area contributed by atoms with Crippen molar-refractivity contribution >= 4 is 11.8 Å². The first kappa shape index (κ1) is 9.50. The molecule has 1 N–H and O–H groups in total. The van der Waals surface area contributed by atoms with Gasteiger partial charge in [0.25, 0.3) is 0 Å². The van der Waals surface area contributed by atoms with E-state index in [9.17, 15) is 4.79 Å². The molecule has 0 saturated heterocycles. The number of ether oxygens (including phenoxy) is 1. The average molecular weight is 184 g/mol. The highest BCUT2D eigenvalue weighted by Crippen LogP contribution is 2.03. The fourth-order valence-corrected chi connectivity index (χ4v) is 0.878. The molecule has 1 atom stereocenters. The maximum absolute atomic E-state index is 11.0. The predicted molar refractivity (Wildman–Crippen MR) is 46.1 cm³/mol. The number of hydrogen-bond donors (Lipinski definition) is 1. The molecule has 0 fully saturated rings. The van der Waals surface area contributed by atoms with E-state index >= 15 is 0 Å². The number of aromatic nitrogens is 3. The minimum absolute atomic E-state index is 0.318. The van der Waals surface area contributed by atoms with Gasteiger partial charge in [0.05, 0.1) is 13.3 Å². The molecule has 13 heavy (non-hydrogen) atoms. The average Bonchev–Trinajstić information content (AvgIpc) is 2.50. The van der Waals surface area contributed by atoms with E-state index in [1.54, 1.807) is 24.9 Å². The normalized spacial score (nSPS) is 12.2. The van der Waals surface area contributed by atoms with Crippen LogP contribution in [-0.4, -0.2) is 34.1 Å². The molecule has 0 radical (unpaired) electrons. The van der Waals surface area contributed by atoms with Crippen molar-refractivity contribution in [2.45, 2.75) is 13.0 Å². The molecular weight excluding hydrogens is 172 g/mol. The molecule has 0 spiro atoms. The molecule has 6 heteroatoms. The van der Waals surface area contributed by atoms with Gasteiger partial charge in [-0.25, -0.2) is 9.48 Å². The second-order valence-electron chi connectivity index (χ2n) is 2.63. The lowest BCUT2D eigenvalue weighted by molar-refractivity contribution is -0.141. The van der Waals surface area contributed by atoms with Crippen molar-refractivity contribution in [3.8, 4) is 0 Å². The molecular formula is C7H12N4O2. The summed E-state index contributed by atoms with van der Waals surface area (Å²) in [7, 11) is 3.08. The molecule has 0 aliphatic rings. The summed E-state index contributed by atoms with van der Waals surface area (Å²) in [6.45, 7) is 1.71. The Labute approximate surface area is 75.9 Å². The molecule has 0 bridgehead atoms. The van der Waals surface area contributed by atoms with Crippen molar-refractivity contribution in [2.75, 3.05) is 12.4 Å². The number of anilines is 1. The lowest BCUT2D eigenvalue weighted by atomic mass is 10.3. The van der Waals surface area contributed by atoms with E-state index in [1.165, 1.54) is 7.11 Å². The third kappa shape index (κ3) is 2.17. The Morgan fingerprint density at radius 1 is 1.77 bits per heavy atom. The van der Waals surface area contributed by atoms with Gasteiger partial charge in [0.2, 0.25) is 0 Å². The van der Waals surface area contributed by atoms with Gasteiger partial charge >= 0.3 is 5.97 Å². The molecule has 1 heterocycles. The lowest BCUT2D eigenvalue weighted by Gasteiger charge is -2.11. The SMILES string of the molecule is COC(=O)C(C)Nc1cnnn1C. The highest BCUT2D eigenvalue weighted by molar-refractivity contribution is 5.78. The van der Waals surface area contributed by atoms with E-state index < -0.39 is 6.04 Å². The van der Waals surface area contributed by atoms with Crippen LogP contribution in [0.3, 0.4) is 0 Å². The second kappa shape index (κ2) is 3.88. The Hall–Kier alpha value is -1.59. The zero-order valence-electron chi connectivity index (χ0n) is 7.81. The first-order chi connectivity index (χ1) is 6.15. The number of carbonyl (C=O) groups excluding carboxylic acids is 1. The number of esters is 1. The summed E-state index contributed by atoms with van der Waals surface area (Å²) in [6, 6.07) is -0.401. The summed E-state index contributed by atoms with van der Waals surface area (Å²) in [5.41, 5.74) is 0. The summed E-state index contributed by atoms with van der Waals surface area (Å²) in [5, 5.41) is 10.3. The molecule has 0 amide bonds. The van der Waals surface area contributed by atoms with Crippen molar-refractivity contribution in [1.82, 2.24) is 15.0 Å². The van der Waals surface area contributed by atoms with Crippen molar-refractivity contribution in [1.29, 1.82) is 0 Å². The quantitative estimate of drug-likeness (QED) is 0.658. The first-order valence-corrected chi connectivity index (χ1v) is 3.84. The predicted octanol–water partition coefficient (Wildman–Crippen LogP) is -0.212. The largest absolute Gasteiger partial charge is 0.467 e. The van der Waals surface area contributed by atoms with Crippen LogP contribution in [-0.2, 0) is 16.6 Å². The molecule has 0 aliphatic heterocycles. The van der Waals surface area contributed by atoms with Crippen molar-refractivity contribution in [3.63, 3.8) is 0 Å². The minimum Gasteiger partial charge on any atom is -0.467 e. The maximum Gasteiger partial charge on any atom is 0.328 e. The monoisotopic (exact) mass is 184 g/mol. The smallest absolute Gasteiger partial charge is 0.328 e. The van der Waals surface area contributed by atoms with Crippen LogP contribution in [0.5, 0.6) is 0 Å². The van der Waals surface area contributed by atoms with Gasteiger partial charge in [0, 0.05) is 7.05 Å². The molecule has 1 unspecified atom stereocenters. The van der Waals surface area contributed by atoms with Gasteiger partial charge in [-0.05, 0) is 6.92 Å². The van der Waals surface area contributed by atoms with Crippen LogP contribution in [0.4, 0.5) is 5.82 Å². The van der Waals surface area contributed by atoms with Crippen LogP contribution in [0.25, 0.3) is 0 Å². The molecule has 72 valence electrons. The third-order valence-electron chi connectivity index (χ3n) is 1.63. The number of nitrogens with one attached hydrogen (secondary N) is 1. The van der Waals surface area contributed by atoms with E-state index in [0.717, 1.165) is 0 Å². The molecule has 0 aliphatic carbocycles. The van der Waals surface area contributed by atoms with E-state index in [4.69, 9.17) is 0 Å². The topological polar surface area (TPSA) is 69.0 Å². The molecule has 1 rings (SSSR count). The zero-order chi connectivity index (χ0) is 9.84. The zero-order valence-corrected chi connectivity index (χ0v) is 7.81. The van der Waals surface area contributed by atoms with Gasteiger partial charge in [0.15, 0.2) is 0 Å². The number of methoxy groups -OCH3 is 1. The fourth-order valence-electron chi connectivity index (χ4n) is 0.878. The fraction of sp³-hybridized carbons (Fsp3) is 0.571. The molecule has 6 nitrogen and oxygen atoms in total. The Morgan fingerprint density at radius 3 is 2.92 bits per heavy atom. The summed E-state index contributed by atoms with van der Waals surface area (Å²) in [6.07, 6.45) is 1.54. The molecule has 1 aromatic rings. The first-order valence-electron chi connectivity index (χ1n) is 3.84. The summed E-state index contributed by atoms with van der Waals surface area (Å²) in [5.74, 6) is 0.360. The van der Waals surface area contributed by atoms with Crippen LogP contribution in [0.1, 0.15) is 6.92 Å².